The molecule has 8 atom stereocenters. The molecule has 0 aromatic heterocycles. The standard InChI is InChI=1S/C26H41NO6/c1-15-24(33-18(4)30)12-23-21(13-27)22(8-10-25(15,23)5)26(6)9-7-20(32-17(3)29)11-19(26)14-31-16(2)28/h19-24H,1,7-14,27H2,2-6H3. The van der Waals surface area contributed by atoms with E-state index in [2.05, 4.69) is 20.4 Å². The van der Waals surface area contributed by atoms with Crippen LogP contribution in [0.5, 0.6) is 0 Å². The molecule has 0 bridgehead atoms. The first-order chi connectivity index (χ1) is 15.4. The Bertz CT molecular complexity index is 796. The third-order valence-corrected chi connectivity index (χ3v) is 9.15. The monoisotopic (exact) mass is 463 g/mol. The van der Waals surface area contributed by atoms with Crippen LogP contribution in [0.25, 0.3) is 0 Å². The third-order valence-electron chi connectivity index (χ3n) is 9.15. The Kier molecular flexibility index (Phi) is 7.62. The molecule has 0 aromatic rings. The number of ether oxygens (including phenoxy) is 3. The van der Waals surface area contributed by atoms with Gasteiger partial charge in [-0.3, -0.25) is 14.4 Å². The fraction of sp³-hybridized carbons (Fsp3) is 0.808. The molecule has 0 spiro atoms. The molecule has 0 aromatic carbocycles. The molecule has 3 rings (SSSR count). The molecule has 8 unspecified atom stereocenters. The normalized spacial score (nSPS) is 40.6. The van der Waals surface area contributed by atoms with Crippen molar-refractivity contribution in [1.29, 1.82) is 0 Å². The minimum Gasteiger partial charge on any atom is -0.466 e. The largest absolute Gasteiger partial charge is 0.466 e. The zero-order valence-corrected chi connectivity index (χ0v) is 20.9. The zero-order chi connectivity index (χ0) is 24.6. The van der Waals surface area contributed by atoms with E-state index in [1.165, 1.54) is 20.8 Å². The zero-order valence-electron chi connectivity index (χ0n) is 20.9. The SMILES string of the molecule is C=C1C(OC(C)=O)CC2C(CN)C(C3(C)CCC(OC(C)=O)CC3COC(C)=O)CCC12C. The van der Waals surface area contributed by atoms with Crippen LogP contribution in [0.4, 0.5) is 0 Å². The molecule has 186 valence electrons. The highest BCUT2D eigenvalue weighted by molar-refractivity contribution is 5.67. The fourth-order valence-corrected chi connectivity index (χ4v) is 7.34. The Hall–Kier alpha value is -1.89. The number of hydrogen-bond donors (Lipinski definition) is 1. The van der Waals surface area contributed by atoms with Crippen molar-refractivity contribution in [3.05, 3.63) is 12.2 Å². The maximum atomic E-state index is 11.7. The molecule has 3 aliphatic rings. The number of hydrogen-bond acceptors (Lipinski definition) is 7. The van der Waals surface area contributed by atoms with Crippen LogP contribution in [0.2, 0.25) is 0 Å². The second-order valence-corrected chi connectivity index (χ2v) is 10.9. The summed E-state index contributed by atoms with van der Waals surface area (Å²) in [5, 5.41) is 0. The van der Waals surface area contributed by atoms with Crippen molar-refractivity contribution >= 4 is 17.9 Å². The van der Waals surface area contributed by atoms with E-state index in [9.17, 15) is 14.4 Å². The summed E-state index contributed by atoms with van der Waals surface area (Å²) in [6.07, 6.45) is 4.68. The maximum Gasteiger partial charge on any atom is 0.303 e. The first-order valence-electron chi connectivity index (χ1n) is 12.3. The van der Waals surface area contributed by atoms with Crippen molar-refractivity contribution in [2.24, 2.45) is 40.2 Å². The van der Waals surface area contributed by atoms with Crippen molar-refractivity contribution < 1.29 is 28.6 Å². The summed E-state index contributed by atoms with van der Waals surface area (Å²) in [5.74, 6) is 0.104. The summed E-state index contributed by atoms with van der Waals surface area (Å²) in [6, 6.07) is 0. The number of carbonyl (C=O) groups excluding carboxylic acids is 3. The van der Waals surface area contributed by atoms with E-state index in [-0.39, 0.29) is 58.7 Å². The van der Waals surface area contributed by atoms with Gasteiger partial charge in [0.2, 0.25) is 0 Å². The van der Waals surface area contributed by atoms with E-state index in [1.54, 1.807) is 0 Å². The Balaban J connectivity index is 1.87. The molecule has 3 saturated carbocycles. The highest BCUT2D eigenvalue weighted by atomic mass is 16.5. The van der Waals surface area contributed by atoms with Gasteiger partial charge in [0.1, 0.15) is 12.2 Å². The second kappa shape index (κ2) is 9.77. The second-order valence-electron chi connectivity index (χ2n) is 10.9. The minimum absolute atomic E-state index is 0.0803. The molecular formula is C26H41NO6. The highest BCUT2D eigenvalue weighted by Gasteiger charge is 2.59. The maximum absolute atomic E-state index is 11.7. The summed E-state index contributed by atoms with van der Waals surface area (Å²) < 4.78 is 16.7. The third kappa shape index (κ3) is 4.98. The molecule has 0 radical (unpaired) electrons. The van der Waals surface area contributed by atoms with Gasteiger partial charge in [-0.1, -0.05) is 20.4 Å². The number of rotatable bonds is 6. The van der Waals surface area contributed by atoms with Gasteiger partial charge in [-0.05, 0) is 79.2 Å². The average molecular weight is 464 g/mol. The van der Waals surface area contributed by atoms with Gasteiger partial charge in [0.15, 0.2) is 0 Å². The number of fused-ring (bicyclic) bond motifs is 1. The lowest BCUT2D eigenvalue weighted by atomic mass is 9.49. The van der Waals surface area contributed by atoms with E-state index in [1.807, 2.05) is 0 Å². The molecule has 0 saturated heterocycles. The summed E-state index contributed by atoms with van der Waals surface area (Å²) in [6.45, 7) is 14.1. The van der Waals surface area contributed by atoms with Crippen LogP contribution in [0, 0.1) is 34.5 Å². The molecular weight excluding hydrogens is 422 g/mol. The lowest BCUT2D eigenvalue weighted by Gasteiger charge is -2.56. The Morgan fingerprint density at radius 2 is 1.64 bits per heavy atom. The summed E-state index contributed by atoms with van der Waals surface area (Å²) in [7, 11) is 0. The van der Waals surface area contributed by atoms with Crippen molar-refractivity contribution in [3.8, 4) is 0 Å². The van der Waals surface area contributed by atoms with Crippen LogP contribution in [-0.2, 0) is 28.6 Å². The van der Waals surface area contributed by atoms with Gasteiger partial charge in [0, 0.05) is 26.7 Å². The van der Waals surface area contributed by atoms with Crippen LogP contribution in [0.1, 0.15) is 73.1 Å². The van der Waals surface area contributed by atoms with Crippen molar-refractivity contribution in [2.75, 3.05) is 13.2 Å². The van der Waals surface area contributed by atoms with Crippen LogP contribution < -0.4 is 5.73 Å². The average Bonchev–Trinajstić information content (AvgIpc) is 2.97. The molecule has 33 heavy (non-hydrogen) atoms. The Morgan fingerprint density at radius 1 is 0.970 bits per heavy atom. The summed E-state index contributed by atoms with van der Waals surface area (Å²) in [5.41, 5.74) is 7.25. The van der Waals surface area contributed by atoms with Crippen molar-refractivity contribution in [2.45, 2.75) is 85.4 Å². The topological polar surface area (TPSA) is 105 Å². The van der Waals surface area contributed by atoms with Crippen molar-refractivity contribution in [1.82, 2.24) is 0 Å². The van der Waals surface area contributed by atoms with Gasteiger partial charge in [0.25, 0.3) is 0 Å². The lowest BCUT2D eigenvalue weighted by molar-refractivity contribution is -0.161. The van der Waals surface area contributed by atoms with Crippen LogP contribution in [-0.4, -0.2) is 43.3 Å². The van der Waals surface area contributed by atoms with E-state index in [4.69, 9.17) is 19.9 Å². The van der Waals surface area contributed by atoms with Crippen LogP contribution >= 0.6 is 0 Å². The molecule has 7 heteroatoms. The smallest absolute Gasteiger partial charge is 0.303 e. The predicted octanol–water partition coefficient (Wildman–Crippen LogP) is 3.79. The van der Waals surface area contributed by atoms with Crippen LogP contribution in [0.15, 0.2) is 12.2 Å². The van der Waals surface area contributed by atoms with Crippen LogP contribution in [0.3, 0.4) is 0 Å². The van der Waals surface area contributed by atoms with Gasteiger partial charge in [-0.15, -0.1) is 0 Å². The minimum atomic E-state index is -0.296. The molecule has 3 fully saturated rings. The molecule has 7 nitrogen and oxygen atoms in total. The number of carbonyl (C=O) groups is 3. The summed E-state index contributed by atoms with van der Waals surface area (Å²) in [4.78, 5) is 34.9. The van der Waals surface area contributed by atoms with E-state index in [0.717, 1.165) is 37.7 Å². The molecule has 2 N–H and O–H groups in total. The fourth-order valence-electron chi connectivity index (χ4n) is 7.34. The van der Waals surface area contributed by atoms with Gasteiger partial charge >= 0.3 is 17.9 Å². The van der Waals surface area contributed by atoms with Gasteiger partial charge in [-0.2, -0.15) is 0 Å². The van der Waals surface area contributed by atoms with E-state index in [0.29, 0.717) is 25.5 Å². The van der Waals surface area contributed by atoms with Gasteiger partial charge < -0.3 is 19.9 Å². The first-order valence-corrected chi connectivity index (χ1v) is 12.3. The Morgan fingerprint density at radius 3 is 2.21 bits per heavy atom. The highest BCUT2D eigenvalue weighted by Crippen LogP contribution is 2.63. The summed E-state index contributed by atoms with van der Waals surface area (Å²) >= 11 is 0. The Labute approximate surface area is 197 Å². The molecule has 0 aliphatic heterocycles. The van der Waals surface area contributed by atoms with Gasteiger partial charge in [0.05, 0.1) is 6.61 Å². The lowest BCUT2D eigenvalue weighted by Crippen LogP contribution is -2.53. The van der Waals surface area contributed by atoms with E-state index < -0.39 is 0 Å². The molecule has 0 heterocycles. The molecule has 0 amide bonds. The predicted molar refractivity (Wildman–Crippen MR) is 124 cm³/mol. The van der Waals surface area contributed by atoms with Gasteiger partial charge in [-0.25, -0.2) is 0 Å². The quantitative estimate of drug-likeness (QED) is 0.363. The number of nitrogens with two attached hydrogens (primary N) is 1. The van der Waals surface area contributed by atoms with Crippen molar-refractivity contribution in [3.63, 3.8) is 0 Å². The molecule has 3 aliphatic carbocycles. The number of esters is 3. The van der Waals surface area contributed by atoms with E-state index >= 15 is 0 Å². The first kappa shape index (κ1) is 25.7.